The van der Waals surface area contributed by atoms with Crippen LogP contribution in [0.1, 0.15) is 25.3 Å². The summed E-state index contributed by atoms with van der Waals surface area (Å²) in [5.41, 5.74) is 1.37. The Morgan fingerprint density at radius 2 is 1.52 bits per heavy atom. The van der Waals surface area contributed by atoms with Crippen LogP contribution in [-0.4, -0.2) is 44.9 Å². The third kappa shape index (κ3) is 21.4. The maximum absolute atomic E-state index is 11.6. The molecule has 0 radical (unpaired) electrons. The number of carbonyl (C=O) groups excluding carboxylic acids is 1. The van der Waals surface area contributed by atoms with Crippen molar-refractivity contribution >= 4 is 21.9 Å². The number of carbonyl (C=O) groups is 1. The first-order chi connectivity index (χ1) is 12.7. The Bertz CT molecular complexity index is 638. The van der Waals surface area contributed by atoms with Gasteiger partial charge in [-0.2, -0.15) is 0 Å². The van der Waals surface area contributed by atoms with Crippen molar-refractivity contribution in [3.05, 3.63) is 35.9 Å². The zero-order chi connectivity index (χ0) is 23.0. The fraction of sp³-hybridized carbons (Fsp3) is 0.611. The van der Waals surface area contributed by atoms with Crippen molar-refractivity contribution in [2.24, 2.45) is 0 Å². The predicted octanol–water partition coefficient (Wildman–Crippen LogP) is 7.24. The van der Waals surface area contributed by atoms with Crippen molar-refractivity contribution in [3.63, 3.8) is 0 Å². The van der Waals surface area contributed by atoms with E-state index in [2.05, 4.69) is 57.0 Å². The number of ether oxygens (including phenoxy) is 1. The minimum absolute atomic E-state index is 0.0678. The third-order valence-corrected chi connectivity index (χ3v) is 5.36. The van der Waals surface area contributed by atoms with Gasteiger partial charge in [0.1, 0.15) is 14.6 Å². The van der Waals surface area contributed by atoms with Gasteiger partial charge in [0.25, 0.3) is 0 Å². The molecule has 0 amide bonds. The molecule has 0 N–H and O–H groups in total. The summed E-state index contributed by atoms with van der Waals surface area (Å²) in [6.07, 6.45) is 2.65. The van der Waals surface area contributed by atoms with Crippen molar-refractivity contribution in [2.75, 3.05) is 26.4 Å². The molecule has 0 heterocycles. The fourth-order valence-electron chi connectivity index (χ4n) is 3.22. The second kappa shape index (κ2) is 9.35. The number of halogens is 6. The van der Waals surface area contributed by atoms with Crippen LogP contribution in [0.2, 0.25) is 19.6 Å². The Labute approximate surface area is 169 Å². The van der Waals surface area contributed by atoms with E-state index in [4.69, 9.17) is 4.74 Å². The molecule has 0 aromatic heterocycles. The number of esters is 1. The molecule has 0 bridgehead atoms. The van der Waals surface area contributed by atoms with Crippen LogP contribution >= 0.6 is 7.81 Å². The molecule has 1 atom stereocenters. The van der Waals surface area contributed by atoms with Gasteiger partial charge in [0.05, 0.1) is 32.8 Å². The van der Waals surface area contributed by atoms with Gasteiger partial charge < -0.3 is 9.22 Å². The van der Waals surface area contributed by atoms with Crippen LogP contribution in [0.25, 0.3) is 0 Å². The van der Waals surface area contributed by atoms with E-state index in [1.54, 1.807) is 0 Å². The first-order valence-corrected chi connectivity index (χ1v) is 15.0. The fourth-order valence-corrected chi connectivity index (χ4v) is 5.78. The molecular weight excluding hydrogens is 435 g/mol. The Balaban J connectivity index is 0.000000956. The number of hydrogen-bond donors (Lipinski definition) is 0. The normalized spacial score (nSPS) is 16.5. The minimum atomic E-state index is -10.7. The van der Waals surface area contributed by atoms with E-state index in [0.717, 1.165) is 24.0 Å². The molecule has 29 heavy (non-hydrogen) atoms. The van der Waals surface area contributed by atoms with E-state index in [1.807, 2.05) is 6.92 Å². The Morgan fingerprint density at radius 1 is 1.03 bits per heavy atom. The van der Waals surface area contributed by atoms with Gasteiger partial charge in [-0.3, -0.25) is 4.79 Å². The number of hydrogen-bond acceptors (Lipinski definition) is 2. The monoisotopic (exact) mass is 467 g/mol. The number of quaternary nitrogens is 1. The predicted molar refractivity (Wildman–Crippen MR) is 109 cm³/mol. The summed E-state index contributed by atoms with van der Waals surface area (Å²) in [4.78, 5) is 11.6. The summed E-state index contributed by atoms with van der Waals surface area (Å²) in [6.45, 7) is 11.6. The molecule has 0 saturated heterocycles. The molecule has 11 heteroatoms. The van der Waals surface area contributed by atoms with E-state index in [9.17, 15) is 30.0 Å². The summed E-state index contributed by atoms with van der Waals surface area (Å²) in [6, 6.07) is 10.7. The summed E-state index contributed by atoms with van der Waals surface area (Å²) in [5, 5.41) is 0. The maximum atomic E-state index is 11.6. The molecule has 1 aromatic carbocycles. The van der Waals surface area contributed by atoms with Crippen LogP contribution in [0, 0.1) is 0 Å². The van der Waals surface area contributed by atoms with Crippen molar-refractivity contribution in [1.82, 2.24) is 0 Å². The van der Waals surface area contributed by atoms with E-state index < -0.39 is 15.9 Å². The quantitative estimate of drug-likeness (QED) is 0.126. The summed E-state index contributed by atoms with van der Waals surface area (Å²) in [5.74, 6) is -0.0678. The van der Waals surface area contributed by atoms with Gasteiger partial charge in [0.2, 0.25) is 0 Å². The standard InChI is InChI=1S/C18H32NO2Si.F6P/c1-6-21-18(20)13-10-14-19(2,16-22(3,4)5)15-17-11-8-7-9-12-17;1-7(2,3,4,5)6/h7-9,11-12H,6,10,13-16H2,1-5H3;/q+1;-1. The van der Waals surface area contributed by atoms with Gasteiger partial charge in [-0.25, -0.2) is 0 Å². The van der Waals surface area contributed by atoms with Gasteiger partial charge in [-0.05, 0) is 6.92 Å². The van der Waals surface area contributed by atoms with Crippen molar-refractivity contribution in [1.29, 1.82) is 0 Å². The number of rotatable bonds is 9. The zero-order valence-electron chi connectivity index (χ0n) is 17.6. The van der Waals surface area contributed by atoms with E-state index in [-0.39, 0.29) is 5.97 Å². The van der Waals surface area contributed by atoms with Crippen LogP contribution < -0.4 is 0 Å². The van der Waals surface area contributed by atoms with Gasteiger partial charge >= 0.3 is 39.0 Å². The summed E-state index contributed by atoms with van der Waals surface area (Å²) >= 11 is 0. The van der Waals surface area contributed by atoms with Gasteiger partial charge in [0, 0.05) is 12.0 Å². The summed E-state index contributed by atoms with van der Waals surface area (Å²) in [7, 11) is -9.51. The summed E-state index contributed by atoms with van der Waals surface area (Å²) < 4.78 is 65.2. The van der Waals surface area contributed by atoms with Crippen LogP contribution in [0.5, 0.6) is 0 Å². The number of benzene rings is 1. The molecule has 0 saturated carbocycles. The van der Waals surface area contributed by atoms with Crippen molar-refractivity contribution < 1.29 is 39.2 Å². The Kier molecular flexibility index (Phi) is 8.99. The molecule has 3 nitrogen and oxygen atoms in total. The molecule has 1 rings (SSSR count). The molecular formula is C18H32F6NO2PSi. The Morgan fingerprint density at radius 3 is 1.93 bits per heavy atom. The van der Waals surface area contributed by atoms with E-state index >= 15 is 0 Å². The first kappa shape index (κ1) is 27.9. The van der Waals surface area contributed by atoms with Crippen LogP contribution in [-0.2, 0) is 16.1 Å². The van der Waals surface area contributed by atoms with Crippen LogP contribution in [0.15, 0.2) is 30.3 Å². The van der Waals surface area contributed by atoms with E-state index in [0.29, 0.717) is 13.0 Å². The van der Waals surface area contributed by atoms with E-state index in [1.165, 1.54) is 11.7 Å². The second-order valence-electron chi connectivity index (χ2n) is 8.57. The SMILES string of the molecule is CCOC(=O)CCC[N+](C)(Cc1ccccc1)C[Si](C)(C)C.F[P-](F)(F)(F)(F)F. The molecule has 0 fully saturated rings. The molecule has 0 aliphatic rings. The van der Waals surface area contributed by atoms with Gasteiger partial charge in [-0.1, -0.05) is 50.0 Å². The van der Waals surface area contributed by atoms with Gasteiger partial charge in [-0.15, -0.1) is 0 Å². The molecule has 1 aromatic rings. The molecule has 0 aliphatic carbocycles. The average molecular weight is 468 g/mol. The topological polar surface area (TPSA) is 26.3 Å². The third-order valence-electron chi connectivity index (χ3n) is 3.65. The van der Waals surface area contributed by atoms with Crippen molar-refractivity contribution in [2.45, 2.75) is 46.0 Å². The van der Waals surface area contributed by atoms with Crippen molar-refractivity contribution in [3.8, 4) is 0 Å². The second-order valence-corrected chi connectivity index (χ2v) is 15.9. The average Bonchev–Trinajstić information content (AvgIpc) is 2.42. The zero-order valence-corrected chi connectivity index (χ0v) is 19.5. The molecule has 172 valence electrons. The Hall–Kier alpha value is -1.12. The number of nitrogens with zero attached hydrogens (tertiary/aromatic N) is 1. The van der Waals surface area contributed by atoms with Gasteiger partial charge in [0.15, 0.2) is 0 Å². The van der Waals surface area contributed by atoms with Crippen LogP contribution in [0.4, 0.5) is 25.2 Å². The molecule has 1 unspecified atom stereocenters. The first-order valence-electron chi connectivity index (χ1n) is 9.29. The molecule has 0 spiro atoms. The van der Waals surface area contributed by atoms with Crippen LogP contribution in [0.3, 0.4) is 0 Å². The molecule has 0 aliphatic heterocycles.